The number of pyridine rings is 1. The van der Waals surface area contributed by atoms with Crippen molar-refractivity contribution in [3.63, 3.8) is 0 Å². The molecule has 7 nitrogen and oxygen atoms in total. The van der Waals surface area contributed by atoms with Crippen LogP contribution in [0.3, 0.4) is 0 Å². The zero-order valence-corrected chi connectivity index (χ0v) is 14.0. The Kier molecular flexibility index (Phi) is 6.00. The summed E-state index contributed by atoms with van der Waals surface area (Å²) in [5.41, 5.74) is -0.549. The van der Waals surface area contributed by atoms with Crippen molar-refractivity contribution in [2.24, 2.45) is 5.92 Å². The van der Waals surface area contributed by atoms with Crippen molar-refractivity contribution >= 4 is 11.9 Å². The van der Waals surface area contributed by atoms with Gasteiger partial charge < -0.3 is 19.6 Å². The van der Waals surface area contributed by atoms with E-state index in [9.17, 15) is 19.5 Å². The molecule has 2 N–H and O–H groups in total. The van der Waals surface area contributed by atoms with Crippen molar-refractivity contribution in [3.8, 4) is 5.75 Å². The standard InChI is InChI=1S/C17H23NO6/c1-23-13(19)8-11(10-6-4-3-5-7-10)14-15(20)12(17(22)24-2)9-18-16(14)21/h9-11H,3-8H2,1-2H3,(H2,18,20,21). The van der Waals surface area contributed by atoms with E-state index >= 15 is 0 Å². The third-order valence-corrected chi connectivity index (χ3v) is 4.71. The first-order valence-corrected chi connectivity index (χ1v) is 8.09. The third kappa shape index (κ3) is 3.77. The maximum atomic E-state index is 12.3. The van der Waals surface area contributed by atoms with Crippen LogP contribution in [0, 0.1) is 5.92 Å². The molecule has 1 atom stereocenters. The molecule has 0 aromatic carbocycles. The van der Waals surface area contributed by atoms with Gasteiger partial charge in [0.25, 0.3) is 5.56 Å². The number of H-pyrrole nitrogens is 1. The lowest BCUT2D eigenvalue weighted by Crippen LogP contribution is -2.27. The van der Waals surface area contributed by atoms with Gasteiger partial charge in [0.15, 0.2) is 0 Å². The number of aromatic amines is 1. The number of methoxy groups -OCH3 is 2. The van der Waals surface area contributed by atoms with Crippen molar-refractivity contribution < 1.29 is 24.2 Å². The third-order valence-electron chi connectivity index (χ3n) is 4.71. The molecule has 0 spiro atoms. The number of carbonyl (C=O) groups is 2. The summed E-state index contributed by atoms with van der Waals surface area (Å²) in [7, 11) is 2.48. The lowest BCUT2D eigenvalue weighted by molar-refractivity contribution is -0.141. The Morgan fingerprint density at radius 1 is 1.25 bits per heavy atom. The molecule has 1 aliphatic carbocycles. The smallest absolute Gasteiger partial charge is 0.343 e. The van der Waals surface area contributed by atoms with Crippen molar-refractivity contribution in [3.05, 3.63) is 27.7 Å². The monoisotopic (exact) mass is 337 g/mol. The number of aromatic nitrogens is 1. The van der Waals surface area contributed by atoms with Crippen LogP contribution < -0.4 is 5.56 Å². The topological polar surface area (TPSA) is 106 Å². The SMILES string of the molecule is COC(=O)CC(c1c(O)c(C(=O)OC)c[nH]c1=O)C1CCCCC1. The molecule has 2 rings (SSSR count). The summed E-state index contributed by atoms with van der Waals surface area (Å²) in [6.07, 6.45) is 5.98. The molecule has 0 aliphatic heterocycles. The number of aromatic hydroxyl groups is 1. The molecular formula is C17H23NO6. The molecule has 1 saturated carbocycles. The minimum Gasteiger partial charge on any atom is -0.506 e. The molecule has 132 valence electrons. The molecule has 1 aliphatic rings. The average molecular weight is 337 g/mol. The molecule has 1 unspecified atom stereocenters. The van der Waals surface area contributed by atoms with Crippen LogP contribution in [0.15, 0.2) is 11.0 Å². The molecule has 0 saturated heterocycles. The van der Waals surface area contributed by atoms with Crippen LogP contribution in [0.4, 0.5) is 0 Å². The number of ether oxygens (including phenoxy) is 2. The quantitative estimate of drug-likeness (QED) is 0.797. The van der Waals surface area contributed by atoms with Gasteiger partial charge in [0.05, 0.1) is 26.2 Å². The Morgan fingerprint density at radius 3 is 2.50 bits per heavy atom. The van der Waals surface area contributed by atoms with E-state index in [0.717, 1.165) is 38.3 Å². The van der Waals surface area contributed by atoms with Gasteiger partial charge in [0.2, 0.25) is 0 Å². The number of esters is 2. The van der Waals surface area contributed by atoms with Gasteiger partial charge in [0.1, 0.15) is 11.3 Å². The lowest BCUT2D eigenvalue weighted by atomic mass is 9.75. The Labute approximate surface area is 140 Å². The highest BCUT2D eigenvalue weighted by molar-refractivity contribution is 5.92. The van der Waals surface area contributed by atoms with Crippen LogP contribution in [-0.2, 0) is 14.3 Å². The Bertz CT molecular complexity index is 660. The second-order valence-electron chi connectivity index (χ2n) is 6.07. The average Bonchev–Trinajstić information content (AvgIpc) is 2.60. The van der Waals surface area contributed by atoms with Gasteiger partial charge in [-0.1, -0.05) is 19.3 Å². The fraction of sp³-hybridized carbons (Fsp3) is 0.588. The maximum absolute atomic E-state index is 12.3. The van der Waals surface area contributed by atoms with Gasteiger partial charge in [-0.05, 0) is 18.8 Å². The van der Waals surface area contributed by atoms with Gasteiger partial charge in [-0.15, -0.1) is 0 Å². The molecule has 1 aromatic heterocycles. The Morgan fingerprint density at radius 2 is 1.92 bits per heavy atom. The lowest BCUT2D eigenvalue weighted by Gasteiger charge is -2.30. The van der Waals surface area contributed by atoms with E-state index in [-0.39, 0.29) is 23.5 Å². The van der Waals surface area contributed by atoms with Crippen molar-refractivity contribution in [1.82, 2.24) is 4.98 Å². The molecular weight excluding hydrogens is 314 g/mol. The molecule has 24 heavy (non-hydrogen) atoms. The molecule has 0 bridgehead atoms. The van der Waals surface area contributed by atoms with Gasteiger partial charge in [-0.3, -0.25) is 9.59 Å². The second kappa shape index (κ2) is 7.99. The first-order chi connectivity index (χ1) is 11.5. The number of nitrogens with one attached hydrogen (secondary N) is 1. The van der Waals surface area contributed by atoms with E-state index in [4.69, 9.17) is 4.74 Å². The van der Waals surface area contributed by atoms with E-state index < -0.39 is 29.2 Å². The van der Waals surface area contributed by atoms with E-state index in [1.165, 1.54) is 14.2 Å². The molecule has 7 heteroatoms. The van der Waals surface area contributed by atoms with Crippen molar-refractivity contribution in [2.45, 2.75) is 44.4 Å². The number of rotatable bonds is 5. The summed E-state index contributed by atoms with van der Waals surface area (Å²) in [6.45, 7) is 0. The van der Waals surface area contributed by atoms with Gasteiger partial charge >= 0.3 is 11.9 Å². The van der Waals surface area contributed by atoms with E-state index in [0.29, 0.717) is 0 Å². The first-order valence-electron chi connectivity index (χ1n) is 8.09. The highest BCUT2D eigenvalue weighted by Crippen LogP contribution is 2.40. The summed E-state index contributed by atoms with van der Waals surface area (Å²) in [4.78, 5) is 38.4. The summed E-state index contributed by atoms with van der Waals surface area (Å²) < 4.78 is 9.37. The predicted octanol–water partition coefficient (Wildman–Crippen LogP) is 2.09. The molecule has 0 amide bonds. The van der Waals surface area contributed by atoms with Gasteiger partial charge in [0, 0.05) is 12.1 Å². The highest BCUT2D eigenvalue weighted by Gasteiger charge is 2.33. The summed E-state index contributed by atoms with van der Waals surface area (Å²) in [6, 6.07) is 0. The van der Waals surface area contributed by atoms with E-state index in [1.54, 1.807) is 0 Å². The van der Waals surface area contributed by atoms with Crippen LogP contribution >= 0.6 is 0 Å². The molecule has 1 aromatic rings. The number of hydrogen-bond acceptors (Lipinski definition) is 6. The first kappa shape index (κ1) is 18.0. The maximum Gasteiger partial charge on any atom is 0.343 e. The van der Waals surface area contributed by atoms with Crippen molar-refractivity contribution in [1.29, 1.82) is 0 Å². The number of hydrogen-bond donors (Lipinski definition) is 2. The normalized spacial score (nSPS) is 16.4. The Balaban J connectivity index is 2.49. The van der Waals surface area contributed by atoms with Crippen LogP contribution in [0.2, 0.25) is 0 Å². The van der Waals surface area contributed by atoms with Gasteiger partial charge in [-0.2, -0.15) is 0 Å². The molecule has 1 heterocycles. The second-order valence-corrected chi connectivity index (χ2v) is 6.07. The fourth-order valence-corrected chi connectivity index (χ4v) is 3.45. The summed E-state index contributed by atoms with van der Waals surface area (Å²) >= 11 is 0. The fourth-order valence-electron chi connectivity index (χ4n) is 3.45. The zero-order valence-electron chi connectivity index (χ0n) is 14.0. The largest absolute Gasteiger partial charge is 0.506 e. The molecule has 0 radical (unpaired) electrons. The van der Waals surface area contributed by atoms with Crippen LogP contribution in [0.25, 0.3) is 0 Å². The Hall–Kier alpha value is -2.31. The zero-order chi connectivity index (χ0) is 17.7. The highest BCUT2D eigenvalue weighted by atomic mass is 16.5. The van der Waals surface area contributed by atoms with Crippen molar-refractivity contribution in [2.75, 3.05) is 14.2 Å². The minimum atomic E-state index is -0.745. The van der Waals surface area contributed by atoms with Gasteiger partial charge in [-0.25, -0.2) is 4.79 Å². The minimum absolute atomic E-state index is 0.0115. The van der Waals surface area contributed by atoms with Crippen LogP contribution in [-0.4, -0.2) is 36.2 Å². The molecule has 1 fully saturated rings. The van der Waals surface area contributed by atoms with E-state index in [1.807, 2.05) is 0 Å². The summed E-state index contributed by atoms with van der Waals surface area (Å²) in [5.74, 6) is -2.02. The summed E-state index contributed by atoms with van der Waals surface area (Å²) in [5, 5.41) is 10.5. The predicted molar refractivity (Wildman–Crippen MR) is 86.0 cm³/mol. The van der Waals surface area contributed by atoms with Crippen LogP contribution in [0.1, 0.15) is 60.4 Å². The van der Waals surface area contributed by atoms with E-state index in [2.05, 4.69) is 9.72 Å². The van der Waals surface area contributed by atoms with Crippen LogP contribution in [0.5, 0.6) is 5.75 Å². The number of carbonyl (C=O) groups excluding carboxylic acids is 2.